The number of hydrogen-bond acceptors (Lipinski definition) is 4. The average Bonchev–Trinajstić information content (AvgIpc) is 2.84. The van der Waals surface area contributed by atoms with Crippen LogP contribution in [0.25, 0.3) is 0 Å². The van der Waals surface area contributed by atoms with E-state index in [0.717, 1.165) is 26.1 Å². The van der Waals surface area contributed by atoms with Crippen LogP contribution >= 0.6 is 11.3 Å². The summed E-state index contributed by atoms with van der Waals surface area (Å²) in [4.78, 5) is 3.84. The molecule has 0 amide bonds. The largest absolute Gasteiger partial charge is 0.383 e. The molecule has 0 saturated heterocycles. The normalized spacial score (nSPS) is 13.4. The highest BCUT2D eigenvalue weighted by Crippen LogP contribution is 2.10. The van der Waals surface area contributed by atoms with Crippen LogP contribution in [0.2, 0.25) is 0 Å². The Morgan fingerprint density at radius 3 is 2.78 bits per heavy atom. The Balaban J connectivity index is 2.35. The van der Waals surface area contributed by atoms with E-state index in [4.69, 9.17) is 4.74 Å². The van der Waals surface area contributed by atoms with Gasteiger partial charge in [-0.2, -0.15) is 0 Å². The van der Waals surface area contributed by atoms with E-state index in [1.54, 1.807) is 7.11 Å². The lowest BCUT2D eigenvalue weighted by Crippen LogP contribution is -2.45. The van der Waals surface area contributed by atoms with Crippen LogP contribution in [0.4, 0.5) is 0 Å². The maximum Gasteiger partial charge on any atom is 0.0630 e. The number of likely N-dealkylation sites (N-methyl/N-ethyl adjacent to an activating group) is 1. The van der Waals surface area contributed by atoms with E-state index in [2.05, 4.69) is 48.6 Å². The molecule has 0 aliphatic rings. The summed E-state index contributed by atoms with van der Waals surface area (Å²) in [7, 11) is 3.95. The monoisotopic (exact) mass is 270 g/mol. The van der Waals surface area contributed by atoms with Crippen LogP contribution in [0.15, 0.2) is 17.5 Å². The van der Waals surface area contributed by atoms with E-state index < -0.39 is 0 Å². The van der Waals surface area contributed by atoms with Gasteiger partial charge in [0.1, 0.15) is 0 Å². The van der Waals surface area contributed by atoms with Crippen LogP contribution in [-0.4, -0.2) is 50.8 Å². The van der Waals surface area contributed by atoms with Gasteiger partial charge in [-0.25, -0.2) is 0 Å². The van der Waals surface area contributed by atoms with E-state index in [-0.39, 0.29) is 0 Å². The molecule has 1 atom stereocenters. The number of nitrogens with zero attached hydrogens (tertiary/aromatic N) is 1. The lowest BCUT2D eigenvalue weighted by molar-refractivity contribution is 0.105. The number of nitrogens with one attached hydrogen (secondary N) is 1. The van der Waals surface area contributed by atoms with Crippen molar-refractivity contribution in [1.82, 2.24) is 10.2 Å². The van der Waals surface area contributed by atoms with Gasteiger partial charge in [0.2, 0.25) is 0 Å². The van der Waals surface area contributed by atoms with Crippen molar-refractivity contribution < 1.29 is 4.74 Å². The van der Waals surface area contributed by atoms with Gasteiger partial charge < -0.3 is 10.1 Å². The van der Waals surface area contributed by atoms with Crippen LogP contribution in [0.5, 0.6) is 0 Å². The SMILES string of the molecule is COCC(CNC(C)C)N(C)CCc1cccs1. The predicted molar refractivity (Wildman–Crippen MR) is 79.5 cm³/mol. The summed E-state index contributed by atoms with van der Waals surface area (Å²) in [6.07, 6.45) is 1.12. The fourth-order valence-electron chi connectivity index (χ4n) is 1.83. The Labute approximate surface area is 115 Å². The summed E-state index contributed by atoms with van der Waals surface area (Å²) >= 11 is 1.83. The summed E-state index contributed by atoms with van der Waals surface area (Å²) in [5.41, 5.74) is 0. The molecule has 0 saturated carbocycles. The molecule has 1 heterocycles. The van der Waals surface area contributed by atoms with Gasteiger partial charge in [-0.1, -0.05) is 19.9 Å². The van der Waals surface area contributed by atoms with Crippen molar-refractivity contribution in [2.24, 2.45) is 0 Å². The van der Waals surface area contributed by atoms with Gasteiger partial charge in [-0.15, -0.1) is 11.3 Å². The molecule has 4 heteroatoms. The quantitative estimate of drug-likeness (QED) is 0.745. The van der Waals surface area contributed by atoms with Crippen molar-refractivity contribution in [1.29, 1.82) is 0 Å². The first-order valence-corrected chi connectivity index (χ1v) is 7.46. The average molecular weight is 270 g/mol. The number of hydrogen-bond donors (Lipinski definition) is 1. The topological polar surface area (TPSA) is 24.5 Å². The predicted octanol–water partition coefficient (Wildman–Crippen LogP) is 2.24. The van der Waals surface area contributed by atoms with Gasteiger partial charge in [0.15, 0.2) is 0 Å². The van der Waals surface area contributed by atoms with E-state index in [0.29, 0.717) is 12.1 Å². The number of rotatable bonds is 9. The first-order chi connectivity index (χ1) is 8.63. The zero-order valence-corrected chi connectivity index (χ0v) is 12.8. The van der Waals surface area contributed by atoms with Crippen molar-refractivity contribution in [3.63, 3.8) is 0 Å². The molecule has 3 nitrogen and oxygen atoms in total. The third kappa shape index (κ3) is 5.96. The zero-order chi connectivity index (χ0) is 13.4. The highest BCUT2D eigenvalue weighted by atomic mass is 32.1. The Kier molecular flexibility index (Phi) is 7.51. The maximum absolute atomic E-state index is 5.32. The molecule has 104 valence electrons. The first kappa shape index (κ1) is 15.6. The van der Waals surface area contributed by atoms with E-state index in [1.807, 2.05) is 11.3 Å². The van der Waals surface area contributed by atoms with Gasteiger partial charge in [-0.05, 0) is 24.9 Å². The second kappa shape index (κ2) is 8.64. The summed E-state index contributed by atoms with van der Waals surface area (Å²) in [5, 5.41) is 5.63. The Bertz CT molecular complexity index is 301. The summed E-state index contributed by atoms with van der Waals surface area (Å²) < 4.78 is 5.32. The van der Waals surface area contributed by atoms with Gasteiger partial charge in [0, 0.05) is 37.2 Å². The van der Waals surface area contributed by atoms with Gasteiger partial charge >= 0.3 is 0 Å². The number of methoxy groups -OCH3 is 1. The highest BCUT2D eigenvalue weighted by molar-refractivity contribution is 7.09. The molecular formula is C14H26N2OS. The molecule has 0 bridgehead atoms. The molecule has 1 aromatic heterocycles. The number of thiophene rings is 1. The van der Waals surface area contributed by atoms with Gasteiger partial charge in [0.25, 0.3) is 0 Å². The molecule has 1 unspecified atom stereocenters. The molecule has 0 radical (unpaired) electrons. The van der Waals surface area contributed by atoms with Crippen molar-refractivity contribution in [2.45, 2.75) is 32.4 Å². The minimum Gasteiger partial charge on any atom is -0.383 e. The zero-order valence-electron chi connectivity index (χ0n) is 12.0. The van der Waals surface area contributed by atoms with Crippen LogP contribution < -0.4 is 5.32 Å². The third-order valence-electron chi connectivity index (χ3n) is 3.04. The van der Waals surface area contributed by atoms with E-state index in [9.17, 15) is 0 Å². The van der Waals surface area contributed by atoms with Crippen LogP contribution in [0.3, 0.4) is 0 Å². The Morgan fingerprint density at radius 1 is 1.44 bits per heavy atom. The fourth-order valence-corrected chi connectivity index (χ4v) is 2.53. The van der Waals surface area contributed by atoms with Crippen LogP contribution in [-0.2, 0) is 11.2 Å². The molecule has 0 spiro atoms. The lowest BCUT2D eigenvalue weighted by atomic mass is 10.2. The standard InChI is InChI=1S/C14H26N2OS/c1-12(2)15-10-13(11-17-4)16(3)8-7-14-6-5-9-18-14/h5-6,9,12-13,15H,7-8,10-11H2,1-4H3. The Morgan fingerprint density at radius 2 is 2.22 bits per heavy atom. The second-order valence-electron chi connectivity index (χ2n) is 4.98. The molecule has 0 aromatic carbocycles. The third-order valence-corrected chi connectivity index (χ3v) is 3.97. The highest BCUT2D eigenvalue weighted by Gasteiger charge is 2.14. The minimum atomic E-state index is 0.442. The summed E-state index contributed by atoms with van der Waals surface area (Å²) in [6.45, 7) is 7.19. The van der Waals surface area contributed by atoms with Crippen molar-refractivity contribution >= 4 is 11.3 Å². The number of ether oxygens (including phenoxy) is 1. The molecule has 1 aromatic rings. The van der Waals surface area contributed by atoms with Crippen molar-refractivity contribution in [2.75, 3.05) is 33.9 Å². The summed E-state index contributed by atoms with van der Waals surface area (Å²) in [5.74, 6) is 0. The minimum absolute atomic E-state index is 0.442. The van der Waals surface area contributed by atoms with E-state index in [1.165, 1.54) is 4.88 Å². The second-order valence-corrected chi connectivity index (χ2v) is 6.01. The maximum atomic E-state index is 5.32. The van der Waals surface area contributed by atoms with Gasteiger partial charge in [-0.3, -0.25) is 4.90 Å². The molecule has 0 aliphatic carbocycles. The summed E-state index contributed by atoms with van der Waals surface area (Å²) in [6, 6.07) is 5.29. The van der Waals surface area contributed by atoms with Crippen LogP contribution in [0.1, 0.15) is 18.7 Å². The Hall–Kier alpha value is -0.420. The van der Waals surface area contributed by atoms with Crippen molar-refractivity contribution in [3.8, 4) is 0 Å². The molecule has 1 N–H and O–H groups in total. The van der Waals surface area contributed by atoms with Crippen molar-refractivity contribution in [3.05, 3.63) is 22.4 Å². The van der Waals surface area contributed by atoms with Crippen LogP contribution in [0, 0.1) is 0 Å². The lowest BCUT2D eigenvalue weighted by Gasteiger charge is -2.28. The molecule has 18 heavy (non-hydrogen) atoms. The van der Waals surface area contributed by atoms with Gasteiger partial charge in [0.05, 0.1) is 6.61 Å². The molecule has 0 aliphatic heterocycles. The molecular weight excluding hydrogens is 244 g/mol. The molecule has 1 rings (SSSR count). The fraction of sp³-hybridized carbons (Fsp3) is 0.714. The van der Waals surface area contributed by atoms with E-state index >= 15 is 0 Å². The first-order valence-electron chi connectivity index (χ1n) is 6.58. The molecule has 0 fully saturated rings. The smallest absolute Gasteiger partial charge is 0.0630 e.